The fourth-order valence-electron chi connectivity index (χ4n) is 1.75. The van der Waals surface area contributed by atoms with Gasteiger partial charge in [0.05, 0.1) is 5.52 Å². The van der Waals surface area contributed by atoms with E-state index in [1.807, 2.05) is 30.3 Å². The second kappa shape index (κ2) is 4.90. The number of aromatic nitrogens is 1. The first-order valence-electron chi connectivity index (χ1n) is 5.20. The van der Waals surface area contributed by atoms with Gasteiger partial charge in [0.15, 0.2) is 6.10 Å². The van der Waals surface area contributed by atoms with Crippen LogP contribution in [-0.2, 0) is 16.1 Å². The average molecular weight is 231 g/mol. The lowest BCUT2D eigenvalue weighted by molar-refractivity contribution is -0.129. The summed E-state index contributed by atoms with van der Waals surface area (Å²) in [6.07, 6.45) is 1.21. The van der Waals surface area contributed by atoms with Crippen molar-refractivity contribution in [2.45, 2.75) is 12.5 Å². The van der Waals surface area contributed by atoms with Crippen molar-refractivity contribution in [3.63, 3.8) is 0 Å². The minimum atomic E-state index is -0.819. The number of rotatable bonds is 4. The van der Waals surface area contributed by atoms with Crippen molar-refractivity contribution in [2.75, 3.05) is 0 Å². The number of carbonyl (C=O) groups excluding carboxylic acids is 1. The van der Waals surface area contributed by atoms with Gasteiger partial charge in [-0.3, -0.25) is 14.6 Å². The van der Waals surface area contributed by atoms with E-state index in [0.29, 0.717) is 6.42 Å². The Balaban J connectivity index is 2.38. The number of benzene rings is 1. The monoisotopic (exact) mass is 231 g/mol. The molecule has 0 spiro atoms. The van der Waals surface area contributed by atoms with Crippen LogP contribution in [-0.4, -0.2) is 17.0 Å². The van der Waals surface area contributed by atoms with Crippen molar-refractivity contribution in [2.24, 2.45) is 11.6 Å². The molecular weight excluding hydrogens is 218 g/mol. The fourth-order valence-corrected chi connectivity index (χ4v) is 1.75. The summed E-state index contributed by atoms with van der Waals surface area (Å²) in [5.74, 6) is 4.47. The maximum Gasteiger partial charge on any atom is 0.249 e. The highest BCUT2D eigenvalue weighted by atomic mass is 16.6. The second-order valence-electron chi connectivity index (χ2n) is 3.72. The zero-order valence-electron chi connectivity index (χ0n) is 9.17. The number of primary amides is 1. The largest absolute Gasteiger partial charge is 0.367 e. The molecule has 2 rings (SSSR count). The molecule has 0 fully saturated rings. The van der Waals surface area contributed by atoms with E-state index >= 15 is 0 Å². The lowest BCUT2D eigenvalue weighted by Crippen LogP contribution is -2.35. The van der Waals surface area contributed by atoms with E-state index in [-0.39, 0.29) is 0 Å². The van der Waals surface area contributed by atoms with Crippen LogP contribution in [0.25, 0.3) is 10.9 Å². The molecule has 0 bridgehead atoms. The summed E-state index contributed by atoms with van der Waals surface area (Å²) in [7, 11) is 0. The Kier molecular flexibility index (Phi) is 3.32. The topological polar surface area (TPSA) is 91.2 Å². The van der Waals surface area contributed by atoms with Crippen LogP contribution in [0.3, 0.4) is 0 Å². The summed E-state index contributed by atoms with van der Waals surface area (Å²) in [4.78, 5) is 19.9. The molecule has 1 amide bonds. The van der Waals surface area contributed by atoms with Crippen LogP contribution in [0.1, 0.15) is 5.56 Å². The van der Waals surface area contributed by atoms with E-state index in [1.54, 1.807) is 6.20 Å². The molecule has 1 heterocycles. The molecule has 0 aliphatic rings. The fraction of sp³-hybridized carbons (Fsp3) is 0.167. The Hall–Kier alpha value is -1.98. The molecule has 17 heavy (non-hydrogen) atoms. The van der Waals surface area contributed by atoms with E-state index in [1.165, 1.54) is 0 Å². The molecule has 4 N–H and O–H groups in total. The number of nitrogens with zero attached hydrogens (tertiary/aromatic N) is 1. The third-order valence-corrected chi connectivity index (χ3v) is 2.63. The van der Waals surface area contributed by atoms with Crippen molar-refractivity contribution >= 4 is 16.8 Å². The Bertz CT molecular complexity index is 537. The van der Waals surface area contributed by atoms with Crippen molar-refractivity contribution in [3.05, 3.63) is 42.1 Å². The highest BCUT2D eigenvalue weighted by Crippen LogP contribution is 2.17. The molecule has 0 radical (unpaired) electrons. The number of amides is 1. The molecule has 5 nitrogen and oxygen atoms in total. The molecule has 1 aromatic heterocycles. The summed E-state index contributed by atoms with van der Waals surface area (Å²) < 4.78 is 0. The minimum absolute atomic E-state index is 0.342. The summed E-state index contributed by atoms with van der Waals surface area (Å²) in [6.45, 7) is 0. The molecular formula is C12H13N3O2. The molecule has 1 unspecified atom stereocenters. The first-order valence-corrected chi connectivity index (χ1v) is 5.20. The van der Waals surface area contributed by atoms with Gasteiger partial charge in [0, 0.05) is 18.0 Å². The molecule has 0 aliphatic carbocycles. The summed E-state index contributed by atoms with van der Waals surface area (Å²) in [5.41, 5.74) is 6.98. The highest BCUT2D eigenvalue weighted by Gasteiger charge is 2.16. The van der Waals surface area contributed by atoms with Crippen LogP contribution in [0.15, 0.2) is 36.5 Å². The third kappa shape index (κ3) is 2.41. The van der Waals surface area contributed by atoms with E-state index < -0.39 is 12.0 Å². The number of nitrogens with two attached hydrogens (primary N) is 2. The van der Waals surface area contributed by atoms with Gasteiger partial charge in [-0.15, -0.1) is 0 Å². The molecule has 1 atom stereocenters. The number of hydrogen-bond acceptors (Lipinski definition) is 4. The summed E-state index contributed by atoms with van der Waals surface area (Å²) in [6, 6.07) is 9.49. The van der Waals surface area contributed by atoms with E-state index in [4.69, 9.17) is 11.6 Å². The second-order valence-corrected chi connectivity index (χ2v) is 3.72. The van der Waals surface area contributed by atoms with Crippen LogP contribution >= 0.6 is 0 Å². The van der Waals surface area contributed by atoms with E-state index in [2.05, 4.69) is 9.82 Å². The molecule has 0 aliphatic heterocycles. The first-order chi connectivity index (χ1) is 8.22. The van der Waals surface area contributed by atoms with Gasteiger partial charge in [-0.2, -0.15) is 0 Å². The Morgan fingerprint density at radius 2 is 2.12 bits per heavy atom. The minimum Gasteiger partial charge on any atom is -0.367 e. The van der Waals surface area contributed by atoms with Gasteiger partial charge >= 0.3 is 0 Å². The van der Waals surface area contributed by atoms with Crippen LogP contribution in [0.4, 0.5) is 0 Å². The molecule has 0 saturated heterocycles. The SMILES string of the molecule is NOC(Cc1ccnc2ccccc12)C(N)=O. The number of hydrogen-bond donors (Lipinski definition) is 2. The Labute approximate surface area is 98.3 Å². The predicted molar refractivity (Wildman–Crippen MR) is 63.7 cm³/mol. The van der Waals surface area contributed by atoms with Crippen molar-refractivity contribution in [1.29, 1.82) is 0 Å². The number of para-hydroxylation sites is 1. The molecule has 88 valence electrons. The van der Waals surface area contributed by atoms with Crippen LogP contribution in [0, 0.1) is 0 Å². The average Bonchev–Trinajstić information content (AvgIpc) is 2.35. The highest BCUT2D eigenvalue weighted by molar-refractivity contribution is 5.84. The van der Waals surface area contributed by atoms with Crippen LogP contribution in [0.5, 0.6) is 0 Å². The maximum absolute atomic E-state index is 11.1. The van der Waals surface area contributed by atoms with E-state index in [9.17, 15) is 4.79 Å². The lowest BCUT2D eigenvalue weighted by atomic mass is 10.0. The third-order valence-electron chi connectivity index (χ3n) is 2.63. The van der Waals surface area contributed by atoms with Gasteiger partial charge in [0.1, 0.15) is 0 Å². The van der Waals surface area contributed by atoms with Gasteiger partial charge < -0.3 is 5.73 Å². The van der Waals surface area contributed by atoms with Crippen molar-refractivity contribution < 1.29 is 9.63 Å². The maximum atomic E-state index is 11.1. The number of pyridine rings is 1. The standard InChI is InChI=1S/C12H13N3O2/c13-12(16)11(17-14)7-8-5-6-15-10-4-2-1-3-9(8)10/h1-6,11H,7,14H2,(H2,13,16). The quantitative estimate of drug-likeness (QED) is 0.750. The lowest BCUT2D eigenvalue weighted by Gasteiger charge is -2.12. The smallest absolute Gasteiger partial charge is 0.249 e. The molecule has 1 aromatic carbocycles. The normalized spacial score (nSPS) is 12.5. The van der Waals surface area contributed by atoms with Gasteiger partial charge in [0.25, 0.3) is 0 Å². The Morgan fingerprint density at radius 3 is 2.82 bits per heavy atom. The zero-order chi connectivity index (χ0) is 12.3. The van der Waals surface area contributed by atoms with Gasteiger partial charge in [-0.05, 0) is 17.7 Å². The van der Waals surface area contributed by atoms with Gasteiger partial charge in [0.2, 0.25) is 5.91 Å². The van der Waals surface area contributed by atoms with Gasteiger partial charge in [-0.1, -0.05) is 18.2 Å². The van der Waals surface area contributed by atoms with Gasteiger partial charge in [-0.25, -0.2) is 5.90 Å². The zero-order valence-corrected chi connectivity index (χ0v) is 9.17. The predicted octanol–water partition coefficient (Wildman–Crippen LogP) is 0.521. The number of fused-ring (bicyclic) bond motifs is 1. The first kappa shape index (κ1) is 11.5. The summed E-state index contributed by atoms with van der Waals surface area (Å²) in [5, 5.41) is 0.971. The van der Waals surface area contributed by atoms with Crippen molar-refractivity contribution in [3.8, 4) is 0 Å². The molecule has 5 heteroatoms. The Morgan fingerprint density at radius 1 is 1.35 bits per heavy atom. The summed E-state index contributed by atoms with van der Waals surface area (Å²) >= 11 is 0. The molecule has 2 aromatic rings. The number of carbonyl (C=O) groups is 1. The van der Waals surface area contributed by atoms with Crippen molar-refractivity contribution in [1.82, 2.24) is 4.98 Å². The molecule has 0 saturated carbocycles. The van der Waals surface area contributed by atoms with E-state index in [0.717, 1.165) is 16.5 Å². The van der Waals surface area contributed by atoms with Crippen LogP contribution in [0.2, 0.25) is 0 Å². The van der Waals surface area contributed by atoms with Crippen LogP contribution < -0.4 is 11.6 Å².